The lowest BCUT2D eigenvalue weighted by Gasteiger charge is -2.09. The fourth-order valence-electron chi connectivity index (χ4n) is 3.83. The highest BCUT2D eigenvalue weighted by atomic mass is 32.1. The maximum absolute atomic E-state index is 13.4. The number of benzene rings is 3. The largest absolute Gasteiger partial charge is 0.294 e. The third-order valence-corrected chi connectivity index (χ3v) is 6.22. The summed E-state index contributed by atoms with van der Waals surface area (Å²) in [6.45, 7) is 2.42. The van der Waals surface area contributed by atoms with Crippen molar-refractivity contribution < 1.29 is 4.39 Å². The van der Waals surface area contributed by atoms with E-state index >= 15 is 0 Å². The summed E-state index contributed by atoms with van der Waals surface area (Å²) in [6, 6.07) is 20.5. The zero-order chi connectivity index (χ0) is 20.0. The van der Waals surface area contributed by atoms with Gasteiger partial charge in [-0.3, -0.25) is 9.36 Å². The van der Waals surface area contributed by atoms with Gasteiger partial charge in [-0.1, -0.05) is 54.6 Å². The Bertz CT molecular complexity index is 1410. The van der Waals surface area contributed by atoms with Gasteiger partial charge in [-0.25, -0.2) is 9.37 Å². The van der Waals surface area contributed by atoms with Crippen molar-refractivity contribution in [1.82, 2.24) is 9.55 Å². The van der Waals surface area contributed by atoms with Crippen molar-refractivity contribution in [2.75, 3.05) is 0 Å². The molecule has 0 saturated heterocycles. The van der Waals surface area contributed by atoms with Gasteiger partial charge in [0.2, 0.25) is 0 Å². The number of fused-ring (bicyclic) bond motifs is 2. The Balaban J connectivity index is 1.68. The molecule has 0 spiro atoms. The van der Waals surface area contributed by atoms with E-state index in [0.29, 0.717) is 16.8 Å². The van der Waals surface area contributed by atoms with Gasteiger partial charge in [-0.15, -0.1) is 11.3 Å². The van der Waals surface area contributed by atoms with Gasteiger partial charge in [0.05, 0.1) is 18.3 Å². The molecule has 0 amide bonds. The molecule has 0 aliphatic carbocycles. The van der Waals surface area contributed by atoms with Gasteiger partial charge in [0.1, 0.15) is 10.6 Å². The third kappa shape index (κ3) is 3.04. The Hall–Kier alpha value is -3.31. The minimum Gasteiger partial charge on any atom is -0.294 e. The molecule has 0 aliphatic heterocycles. The smallest absolute Gasteiger partial charge is 0.263 e. The first kappa shape index (κ1) is 17.8. The molecule has 0 N–H and O–H groups in total. The van der Waals surface area contributed by atoms with E-state index in [2.05, 4.69) is 23.2 Å². The molecule has 0 fully saturated rings. The van der Waals surface area contributed by atoms with Crippen LogP contribution in [0.4, 0.5) is 4.39 Å². The molecule has 5 rings (SSSR count). The fourth-order valence-corrected chi connectivity index (χ4v) is 4.83. The molecule has 5 heteroatoms. The Labute approximate surface area is 170 Å². The van der Waals surface area contributed by atoms with E-state index in [0.717, 1.165) is 32.3 Å². The molecule has 142 valence electrons. The van der Waals surface area contributed by atoms with Crippen molar-refractivity contribution in [2.24, 2.45) is 0 Å². The van der Waals surface area contributed by atoms with Gasteiger partial charge in [0, 0.05) is 10.4 Å². The fraction of sp³-hybridized carbons (Fsp3) is 0.0833. The highest BCUT2D eigenvalue weighted by molar-refractivity contribution is 7.19. The van der Waals surface area contributed by atoms with Crippen LogP contribution in [0.1, 0.15) is 10.4 Å². The number of halogens is 1. The summed E-state index contributed by atoms with van der Waals surface area (Å²) >= 11 is 1.49. The maximum Gasteiger partial charge on any atom is 0.263 e. The number of thiophene rings is 1. The van der Waals surface area contributed by atoms with Gasteiger partial charge < -0.3 is 0 Å². The number of nitrogens with zero attached hydrogens (tertiary/aromatic N) is 2. The van der Waals surface area contributed by atoms with E-state index in [1.165, 1.54) is 23.5 Å². The lowest BCUT2D eigenvalue weighted by molar-refractivity contribution is 0.628. The number of aryl methyl sites for hydroxylation is 1. The molecule has 3 nitrogen and oxygen atoms in total. The van der Waals surface area contributed by atoms with E-state index in [4.69, 9.17) is 0 Å². The van der Waals surface area contributed by atoms with Gasteiger partial charge in [0.15, 0.2) is 0 Å². The van der Waals surface area contributed by atoms with Crippen LogP contribution in [0.3, 0.4) is 0 Å². The predicted molar refractivity (Wildman–Crippen MR) is 117 cm³/mol. The van der Waals surface area contributed by atoms with Crippen molar-refractivity contribution in [3.8, 4) is 11.1 Å². The molecule has 0 bridgehead atoms. The second-order valence-electron chi connectivity index (χ2n) is 7.04. The summed E-state index contributed by atoms with van der Waals surface area (Å²) < 4.78 is 15.0. The Morgan fingerprint density at radius 2 is 1.76 bits per heavy atom. The zero-order valence-corrected chi connectivity index (χ0v) is 16.5. The highest BCUT2D eigenvalue weighted by Gasteiger charge is 2.17. The second kappa shape index (κ2) is 6.94. The molecule has 0 atom stereocenters. The van der Waals surface area contributed by atoms with E-state index in [9.17, 15) is 9.18 Å². The molecule has 29 heavy (non-hydrogen) atoms. The Kier molecular flexibility index (Phi) is 4.25. The van der Waals surface area contributed by atoms with Crippen LogP contribution in [-0.4, -0.2) is 9.55 Å². The van der Waals surface area contributed by atoms with Crippen LogP contribution in [0.2, 0.25) is 0 Å². The molecule has 0 radical (unpaired) electrons. The average Bonchev–Trinajstić information content (AvgIpc) is 3.08. The first-order valence-electron chi connectivity index (χ1n) is 9.33. The van der Waals surface area contributed by atoms with Crippen molar-refractivity contribution in [2.45, 2.75) is 13.5 Å². The number of rotatable bonds is 3. The number of hydrogen-bond acceptors (Lipinski definition) is 3. The normalized spacial score (nSPS) is 11.4. The summed E-state index contributed by atoms with van der Waals surface area (Å²) in [5.41, 5.74) is 2.67. The molecule has 0 unspecified atom stereocenters. The molecule has 0 aliphatic rings. The Morgan fingerprint density at radius 3 is 2.59 bits per heavy atom. The second-order valence-corrected chi connectivity index (χ2v) is 8.24. The maximum atomic E-state index is 13.4. The van der Waals surface area contributed by atoms with Gasteiger partial charge in [0.25, 0.3) is 5.56 Å². The minimum atomic E-state index is -0.294. The van der Waals surface area contributed by atoms with E-state index < -0.39 is 0 Å². The minimum absolute atomic E-state index is 0.0772. The quantitative estimate of drug-likeness (QED) is 0.385. The Morgan fingerprint density at radius 1 is 1.00 bits per heavy atom. The third-order valence-electron chi connectivity index (χ3n) is 5.21. The first-order chi connectivity index (χ1) is 14.1. The summed E-state index contributed by atoms with van der Waals surface area (Å²) in [6.07, 6.45) is 1.62. The molecule has 3 aromatic carbocycles. The summed E-state index contributed by atoms with van der Waals surface area (Å²) in [5, 5.41) is 2.87. The van der Waals surface area contributed by atoms with Gasteiger partial charge in [-0.05, 0) is 41.0 Å². The van der Waals surface area contributed by atoms with Crippen LogP contribution < -0.4 is 5.56 Å². The summed E-state index contributed by atoms with van der Waals surface area (Å²) in [4.78, 5) is 19.7. The van der Waals surface area contributed by atoms with Gasteiger partial charge in [-0.2, -0.15) is 0 Å². The number of aromatic nitrogens is 2. The van der Waals surface area contributed by atoms with Crippen LogP contribution in [0.5, 0.6) is 0 Å². The van der Waals surface area contributed by atoms with Gasteiger partial charge >= 0.3 is 0 Å². The summed E-state index contributed by atoms with van der Waals surface area (Å²) in [5.74, 6) is -0.294. The zero-order valence-electron chi connectivity index (χ0n) is 15.7. The lowest BCUT2D eigenvalue weighted by Crippen LogP contribution is -2.21. The van der Waals surface area contributed by atoms with E-state index in [1.807, 2.05) is 31.2 Å². The van der Waals surface area contributed by atoms with E-state index in [1.54, 1.807) is 23.0 Å². The standard InChI is InChI=1S/C24H17FN2OS/c1-15-21(17-9-11-19(25)12-10-17)22-23(29-15)26-14-27(24(22)28)13-18-7-4-6-16-5-2-3-8-20(16)18/h2-12,14H,13H2,1H3. The van der Waals surface area contributed by atoms with Crippen LogP contribution in [0.25, 0.3) is 32.1 Å². The van der Waals surface area contributed by atoms with Crippen LogP contribution in [0, 0.1) is 12.7 Å². The van der Waals surface area contributed by atoms with Crippen molar-refractivity contribution in [3.05, 3.63) is 99.7 Å². The van der Waals surface area contributed by atoms with Crippen molar-refractivity contribution in [3.63, 3.8) is 0 Å². The van der Waals surface area contributed by atoms with Crippen LogP contribution in [0.15, 0.2) is 77.9 Å². The molecule has 2 aromatic heterocycles. The lowest BCUT2D eigenvalue weighted by atomic mass is 10.0. The number of hydrogen-bond donors (Lipinski definition) is 0. The monoisotopic (exact) mass is 400 g/mol. The molecule has 2 heterocycles. The van der Waals surface area contributed by atoms with Crippen molar-refractivity contribution >= 4 is 32.3 Å². The van der Waals surface area contributed by atoms with Crippen molar-refractivity contribution in [1.29, 1.82) is 0 Å². The van der Waals surface area contributed by atoms with Crippen LogP contribution >= 0.6 is 11.3 Å². The van der Waals surface area contributed by atoms with E-state index in [-0.39, 0.29) is 11.4 Å². The average molecular weight is 400 g/mol. The first-order valence-corrected chi connectivity index (χ1v) is 10.1. The molecular formula is C24H17FN2OS. The highest BCUT2D eigenvalue weighted by Crippen LogP contribution is 2.35. The molecule has 5 aromatic rings. The van der Waals surface area contributed by atoms with Crippen LogP contribution in [-0.2, 0) is 6.54 Å². The topological polar surface area (TPSA) is 34.9 Å². The molecular weight excluding hydrogens is 383 g/mol. The SMILES string of the molecule is Cc1sc2ncn(Cc3cccc4ccccc34)c(=O)c2c1-c1ccc(F)cc1. The predicted octanol–water partition coefficient (Wildman–Crippen LogP) is 5.77. The summed E-state index contributed by atoms with van der Waals surface area (Å²) in [7, 11) is 0. The molecule has 0 saturated carbocycles.